The summed E-state index contributed by atoms with van der Waals surface area (Å²) < 4.78 is 36.6. The number of carbonyl (C=O) groups excluding carboxylic acids is 1. The highest BCUT2D eigenvalue weighted by Gasteiger charge is 2.26. The van der Waals surface area contributed by atoms with Crippen LogP contribution in [0.15, 0.2) is 81.5 Å². The standard InChI is InChI=1S/C23H16IN3O7S2/c1-33-19-12-14(13-20-22(28)26-23(35-20)25-15-5-3-2-4-6-15)11-18(24)21(19)34-36(31,32)17-9-7-16(8-10-17)27(29)30/h2-13H,1H3,(H,25,26,28)/b20-13-. The van der Waals surface area contributed by atoms with E-state index in [1.54, 1.807) is 12.1 Å². The lowest BCUT2D eigenvalue weighted by atomic mass is 10.2. The Labute approximate surface area is 223 Å². The van der Waals surface area contributed by atoms with E-state index in [1.807, 2.05) is 52.9 Å². The second-order valence-electron chi connectivity index (χ2n) is 7.14. The first-order valence-corrected chi connectivity index (χ1v) is 13.4. The number of benzene rings is 3. The molecule has 1 saturated heterocycles. The number of halogens is 1. The van der Waals surface area contributed by atoms with Gasteiger partial charge in [-0.25, -0.2) is 4.99 Å². The molecule has 0 radical (unpaired) electrons. The number of para-hydroxylation sites is 1. The Morgan fingerprint density at radius 2 is 1.81 bits per heavy atom. The minimum absolute atomic E-state index is 0.0477. The van der Waals surface area contributed by atoms with Crippen LogP contribution in [0.25, 0.3) is 6.08 Å². The molecular formula is C23H16IN3O7S2. The molecule has 3 aromatic carbocycles. The number of hydrogen-bond donors (Lipinski definition) is 1. The lowest BCUT2D eigenvalue weighted by Crippen LogP contribution is -2.19. The molecule has 0 atom stereocenters. The Morgan fingerprint density at radius 1 is 1.11 bits per heavy atom. The summed E-state index contributed by atoms with van der Waals surface area (Å²) in [4.78, 5) is 27.2. The van der Waals surface area contributed by atoms with Crippen LogP contribution < -0.4 is 14.2 Å². The third-order valence-electron chi connectivity index (χ3n) is 4.72. The van der Waals surface area contributed by atoms with E-state index in [9.17, 15) is 23.3 Å². The number of hydrogen-bond acceptors (Lipinski definition) is 9. The van der Waals surface area contributed by atoms with Crippen molar-refractivity contribution in [2.75, 3.05) is 7.11 Å². The van der Waals surface area contributed by atoms with Crippen molar-refractivity contribution in [1.29, 1.82) is 0 Å². The monoisotopic (exact) mass is 637 g/mol. The average Bonchev–Trinajstić information content (AvgIpc) is 3.19. The number of amides is 1. The zero-order chi connectivity index (χ0) is 25.9. The summed E-state index contributed by atoms with van der Waals surface area (Å²) in [5.74, 6) is -0.237. The molecule has 0 unspecified atom stereocenters. The third-order valence-corrected chi connectivity index (χ3v) is 7.66. The van der Waals surface area contributed by atoms with E-state index in [0.717, 1.165) is 24.3 Å². The van der Waals surface area contributed by atoms with Gasteiger partial charge < -0.3 is 14.2 Å². The van der Waals surface area contributed by atoms with Crippen LogP contribution >= 0.6 is 34.4 Å². The first kappa shape index (κ1) is 25.7. The number of carbonyl (C=O) groups is 1. The molecule has 1 heterocycles. The molecule has 1 N–H and O–H groups in total. The fraction of sp³-hybridized carbons (Fsp3) is 0.0435. The molecule has 0 bridgehead atoms. The Hall–Kier alpha value is -3.43. The Morgan fingerprint density at radius 3 is 2.44 bits per heavy atom. The molecule has 1 fully saturated rings. The molecule has 13 heteroatoms. The molecule has 0 saturated carbocycles. The minimum Gasteiger partial charge on any atom is -0.493 e. The van der Waals surface area contributed by atoms with Crippen LogP contribution in [-0.4, -0.2) is 31.5 Å². The van der Waals surface area contributed by atoms with E-state index in [-0.39, 0.29) is 28.0 Å². The predicted octanol–water partition coefficient (Wildman–Crippen LogP) is 4.87. The summed E-state index contributed by atoms with van der Waals surface area (Å²) >= 11 is 3.07. The molecule has 0 aliphatic carbocycles. The molecule has 0 spiro atoms. The van der Waals surface area contributed by atoms with Gasteiger partial charge in [-0.3, -0.25) is 14.9 Å². The van der Waals surface area contributed by atoms with Gasteiger partial charge in [-0.15, -0.1) is 0 Å². The summed E-state index contributed by atoms with van der Waals surface area (Å²) in [6.07, 6.45) is 1.63. The Bertz CT molecular complexity index is 1510. The maximum Gasteiger partial charge on any atom is 0.339 e. The number of nitro benzene ring substituents is 1. The van der Waals surface area contributed by atoms with Gasteiger partial charge in [0.15, 0.2) is 16.7 Å². The molecule has 3 aromatic rings. The van der Waals surface area contributed by atoms with E-state index in [4.69, 9.17) is 8.92 Å². The van der Waals surface area contributed by atoms with Crippen LogP contribution in [0.1, 0.15) is 5.56 Å². The maximum absolute atomic E-state index is 12.8. The first-order valence-electron chi connectivity index (χ1n) is 10.1. The second-order valence-corrected chi connectivity index (χ2v) is 10.9. The average molecular weight is 637 g/mol. The Kier molecular flexibility index (Phi) is 7.61. The molecule has 10 nitrogen and oxygen atoms in total. The van der Waals surface area contributed by atoms with E-state index >= 15 is 0 Å². The molecule has 36 heavy (non-hydrogen) atoms. The van der Waals surface area contributed by atoms with E-state index in [2.05, 4.69) is 10.3 Å². The van der Waals surface area contributed by atoms with Crippen LogP contribution in [0.4, 0.5) is 11.4 Å². The number of nitrogens with one attached hydrogen (secondary N) is 1. The lowest BCUT2D eigenvalue weighted by Gasteiger charge is -2.13. The summed E-state index contributed by atoms with van der Waals surface area (Å²) in [5, 5.41) is 14.0. The highest BCUT2D eigenvalue weighted by molar-refractivity contribution is 14.1. The number of rotatable bonds is 7. The normalized spacial score (nSPS) is 15.7. The summed E-state index contributed by atoms with van der Waals surface area (Å²) in [6, 6.07) is 16.7. The van der Waals surface area contributed by atoms with Crippen molar-refractivity contribution < 1.29 is 27.1 Å². The van der Waals surface area contributed by atoms with E-state index in [1.165, 1.54) is 24.9 Å². The zero-order valence-electron chi connectivity index (χ0n) is 18.4. The van der Waals surface area contributed by atoms with Crippen LogP contribution in [-0.2, 0) is 14.9 Å². The van der Waals surface area contributed by atoms with Crippen molar-refractivity contribution in [1.82, 2.24) is 5.32 Å². The number of ether oxygens (including phenoxy) is 1. The largest absolute Gasteiger partial charge is 0.493 e. The van der Waals surface area contributed by atoms with Gasteiger partial charge in [-0.2, -0.15) is 8.42 Å². The molecule has 0 aromatic heterocycles. The molecule has 1 aliphatic rings. The fourth-order valence-corrected chi connectivity index (χ4v) is 5.73. The van der Waals surface area contributed by atoms with Crippen molar-refractivity contribution >= 4 is 73.0 Å². The van der Waals surface area contributed by atoms with Crippen molar-refractivity contribution in [3.63, 3.8) is 0 Å². The number of thioether (sulfide) groups is 1. The SMILES string of the molecule is COc1cc(/C=C2\SC(=Nc3ccccc3)NC2=O)cc(I)c1OS(=O)(=O)c1ccc([N+](=O)[O-])cc1. The van der Waals surface area contributed by atoms with Crippen LogP contribution in [0, 0.1) is 13.7 Å². The fourth-order valence-electron chi connectivity index (χ4n) is 3.05. The molecular weight excluding hydrogens is 621 g/mol. The van der Waals surface area contributed by atoms with Crippen LogP contribution in [0.3, 0.4) is 0 Å². The van der Waals surface area contributed by atoms with Gasteiger partial charge in [-0.1, -0.05) is 18.2 Å². The van der Waals surface area contributed by atoms with Crippen LogP contribution in [0.2, 0.25) is 0 Å². The highest BCUT2D eigenvalue weighted by atomic mass is 127. The van der Waals surface area contributed by atoms with Gasteiger partial charge in [0.05, 0.1) is 26.2 Å². The topological polar surface area (TPSA) is 137 Å². The Balaban J connectivity index is 1.59. The quantitative estimate of drug-likeness (QED) is 0.127. The van der Waals surface area contributed by atoms with Gasteiger partial charge in [0.25, 0.3) is 11.6 Å². The number of amidine groups is 1. The summed E-state index contributed by atoms with van der Waals surface area (Å²) in [5.41, 5.74) is 1.03. The number of methoxy groups -OCH3 is 1. The zero-order valence-corrected chi connectivity index (χ0v) is 22.2. The number of aliphatic imine (C=N–C) groups is 1. The lowest BCUT2D eigenvalue weighted by molar-refractivity contribution is -0.384. The molecule has 4 rings (SSSR count). The smallest absolute Gasteiger partial charge is 0.339 e. The van der Waals surface area contributed by atoms with Gasteiger partial charge in [0.2, 0.25) is 0 Å². The first-order chi connectivity index (χ1) is 17.2. The third kappa shape index (κ3) is 5.85. The van der Waals surface area contributed by atoms with Crippen molar-refractivity contribution in [3.05, 3.63) is 90.9 Å². The van der Waals surface area contributed by atoms with Crippen molar-refractivity contribution in [2.45, 2.75) is 4.90 Å². The van der Waals surface area contributed by atoms with Crippen molar-refractivity contribution in [2.24, 2.45) is 4.99 Å². The predicted molar refractivity (Wildman–Crippen MR) is 144 cm³/mol. The summed E-state index contributed by atoms with van der Waals surface area (Å²) in [7, 11) is -2.94. The highest BCUT2D eigenvalue weighted by Crippen LogP contribution is 2.38. The van der Waals surface area contributed by atoms with Gasteiger partial charge in [0, 0.05) is 12.1 Å². The molecule has 1 amide bonds. The molecule has 184 valence electrons. The number of non-ortho nitro benzene ring substituents is 1. The molecule has 1 aliphatic heterocycles. The van der Waals surface area contributed by atoms with E-state index in [0.29, 0.717) is 24.9 Å². The maximum atomic E-state index is 12.8. The van der Waals surface area contributed by atoms with Gasteiger partial charge in [-0.05, 0) is 82.4 Å². The second kappa shape index (κ2) is 10.7. The summed E-state index contributed by atoms with van der Waals surface area (Å²) in [6.45, 7) is 0. The van der Waals surface area contributed by atoms with Crippen LogP contribution in [0.5, 0.6) is 11.5 Å². The number of nitrogens with zero attached hydrogens (tertiary/aromatic N) is 2. The van der Waals surface area contributed by atoms with Gasteiger partial charge >= 0.3 is 10.1 Å². The minimum atomic E-state index is -4.30. The number of nitro groups is 1. The van der Waals surface area contributed by atoms with Crippen molar-refractivity contribution in [3.8, 4) is 11.5 Å². The van der Waals surface area contributed by atoms with Gasteiger partial charge in [0.1, 0.15) is 4.90 Å². The van der Waals surface area contributed by atoms with E-state index < -0.39 is 15.0 Å².